The third-order valence-corrected chi connectivity index (χ3v) is 3.84. The second kappa shape index (κ2) is 6.82. The Hall–Kier alpha value is -2.36. The molecule has 1 heterocycles. The monoisotopic (exact) mass is 313 g/mol. The number of rotatable bonds is 4. The average molecular weight is 313 g/mol. The zero-order valence-corrected chi connectivity index (χ0v) is 14.3. The van der Waals surface area contributed by atoms with Crippen molar-refractivity contribution < 1.29 is 14.3 Å². The summed E-state index contributed by atoms with van der Waals surface area (Å²) in [5.74, 6) is -0.302. The number of amides is 1. The Morgan fingerprint density at radius 2 is 1.83 bits per heavy atom. The van der Waals surface area contributed by atoms with Crippen molar-refractivity contribution in [3.63, 3.8) is 0 Å². The fraction of sp³-hybridized carbons (Fsp3) is 0.368. The third-order valence-electron chi connectivity index (χ3n) is 3.84. The smallest absolute Gasteiger partial charge is 0.340 e. The molecule has 0 spiro atoms. The van der Waals surface area contributed by atoms with Crippen molar-refractivity contribution in [3.8, 4) is 0 Å². The van der Waals surface area contributed by atoms with Gasteiger partial charge in [-0.1, -0.05) is 43.7 Å². The van der Waals surface area contributed by atoms with Gasteiger partial charge in [0.1, 0.15) is 0 Å². The summed E-state index contributed by atoms with van der Waals surface area (Å²) in [5.41, 5.74) is 3.46. The molecule has 1 aromatic carbocycles. The van der Waals surface area contributed by atoms with E-state index in [1.165, 1.54) is 7.11 Å². The number of ether oxygens (including phenoxy) is 1. The molecule has 1 aromatic rings. The first-order valence-corrected chi connectivity index (χ1v) is 7.75. The van der Waals surface area contributed by atoms with E-state index in [1.54, 1.807) is 17.9 Å². The molecule has 4 heteroatoms. The van der Waals surface area contributed by atoms with E-state index in [4.69, 9.17) is 4.74 Å². The van der Waals surface area contributed by atoms with Crippen molar-refractivity contribution >= 4 is 18.0 Å². The number of aryl methyl sites for hydroxylation is 1. The highest BCUT2D eigenvalue weighted by Gasteiger charge is 2.36. The van der Waals surface area contributed by atoms with E-state index in [1.807, 2.05) is 45.0 Å². The van der Waals surface area contributed by atoms with Crippen LogP contribution in [0.25, 0.3) is 6.08 Å². The van der Waals surface area contributed by atoms with Gasteiger partial charge in [-0.3, -0.25) is 4.79 Å². The number of esters is 1. The Balaban J connectivity index is 2.49. The number of carbonyl (C=O) groups excluding carboxylic acids is 2. The fourth-order valence-corrected chi connectivity index (χ4v) is 2.64. The van der Waals surface area contributed by atoms with Crippen molar-refractivity contribution in [2.24, 2.45) is 5.92 Å². The van der Waals surface area contributed by atoms with Crippen molar-refractivity contribution in [1.82, 2.24) is 4.90 Å². The molecule has 1 amide bonds. The van der Waals surface area contributed by atoms with E-state index in [9.17, 15) is 9.59 Å². The molecule has 2 rings (SSSR count). The fourth-order valence-electron chi connectivity index (χ4n) is 2.64. The average Bonchev–Trinajstić information content (AvgIpc) is 2.73. The quantitative estimate of drug-likeness (QED) is 0.633. The maximum absolute atomic E-state index is 12.8. The summed E-state index contributed by atoms with van der Waals surface area (Å²) in [7, 11) is 1.34. The van der Waals surface area contributed by atoms with E-state index in [0.717, 1.165) is 11.1 Å². The van der Waals surface area contributed by atoms with Crippen LogP contribution in [0.2, 0.25) is 0 Å². The highest BCUT2D eigenvalue weighted by atomic mass is 16.5. The lowest BCUT2D eigenvalue weighted by Gasteiger charge is -2.19. The molecule has 0 saturated heterocycles. The molecule has 0 aromatic heterocycles. The zero-order valence-electron chi connectivity index (χ0n) is 14.3. The van der Waals surface area contributed by atoms with Crippen LogP contribution in [0.3, 0.4) is 0 Å². The lowest BCUT2D eigenvalue weighted by atomic mass is 10.0. The topological polar surface area (TPSA) is 46.6 Å². The van der Waals surface area contributed by atoms with Crippen molar-refractivity contribution in [3.05, 3.63) is 52.2 Å². The molecule has 0 atom stereocenters. The molecule has 1 aliphatic heterocycles. The summed E-state index contributed by atoms with van der Waals surface area (Å²) in [6.45, 7) is 8.46. The van der Waals surface area contributed by atoms with E-state index >= 15 is 0 Å². The zero-order chi connectivity index (χ0) is 17.1. The molecule has 4 nitrogen and oxygen atoms in total. The SMILES string of the molecule is COC(=O)C1=C(C)N(CC(C)C)C(=O)/C1=C\c1ccc(C)cc1. The van der Waals surface area contributed by atoms with E-state index in [2.05, 4.69) is 0 Å². The van der Waals surface area contributed by atoms with Crippen molar-refractivity contribution in [2.45, 2.75) is 27.7 Å². The standard InChI is InChI=1S/C19H23NO3/c1-12(2)11-20-14(4)17(19(22)23-5)16(18(20)21)10-15-8-6-13(3)7-9-15/h6-10,12H,11H2,1-5H3/b16-10-. The maximum atomic E-state index is 12.8. The highest BCUT2D eigenvalue weighted by Crippen LogP contribution is 2.32. The van der Waals surface area contributed by atoms with Gasteiger partial charge in [-0.05, 0) is 31.4 Å². The Bertz CT molecular complexity index is 681. The van der Waals surface area contributed by atoms with Crippen LogP contribution >= 0.6 is 0 Å². The van der Waals surface area contributed by atoms with E-state index in [0.29, 0.717) is 29.3 Å². The van der Waals surface area contributed by atoms with Gasteiger partial charge in [0.2, 0.25) is 0 Å². The van der Waals surface area contributed by atoms with E-state index < -0.39 is 5.97 Å². The van der Waals surface area contributed by atoms with Gasteiger partial charge >= 0.3 is 5.97 Å². The van der Waals surface area contributed by atoms with Crippen LogP contribution in [-0.2, 0) is 14.3 Å². The van der Waals surface area contributed by atoms with Crippen molar-refractivity contribution in [2.75, 3.05) is 13.7 Å². The number of benzene rings is 1. The molecule has 23 heavy (non-hydrogen) atoms. The van der Waals surface area contributed by atoms with Crippen LogP contribution in [0.4, 0.5) is 0 Å². The molecule has 0 radical (unpaired) electrons. The molecule has 0 aliphatic carbocycles. The third kappa shape index (κ3) is 3.52. The minimum absolute atomic E-state index is 0.142. The van der Waals surface area contributed by atoms with Gasteiger partial charge in [-0.25, -0.2) is 4.79 Å². The molecule has 0 fully saturated rings. The maximum Gasteiger partial charge on any atom is 0.340 e. The van der Waals surface area contributed by atoms with Gasteiger partial charge in [0.15, 0.2) is 0 Å². The summed E-state index contributed by atoms with van der Waals surface area (Å²) < 4.78 is 4.88. The molecular weight excluding hydrogens is 290 g/mol. The molecule has 1 aliphatic rings. The van der Waals surface area contributed by atoms with Gasteiger partial charge in [-0.2, -0.15) is 0 Å². The summed E-state index contributed by atoms with van der Waals surface area (Å²) in [4.78, 5) is 26.6. The number of methoxy groups -OCH3 is 1. The number of nitrogens with zero attached hydrogens (tertiary/aromatic N) is 1. The van der Waals surface area contributed by atoms with Crippen LogP contribution in [0.1, 0.15) is 31.9 Å². The molecule has 0 N–H and O–H groups in total. The first-order chi connectivity index (χ1) is 10.8. The minimum Gasteiger partial charge on any atom is -0.465 e. The normalized spacial score (nSPS) is 16.7. The van der Waals surface area contributed by atoms with Gasteiger partial charge in [0, 0.05) is 12.2 Å². The lowest BCUT2D eigenvalue weighted by Crippen LogP contribution is -2.28. The molecule has 0 unspecified atom stereocenters. The largest absolute Gasteiger partial charge is 0.465 e. The van der Waals surface area contributed by atoms with Crippen LogP contribution in [-0.4, -0.2) is 30.4 Å². The van der Waals surface area contributed by atoms with E-state index in [-0.39, 0.29) is 5.91 Å². The second-order valence-electron chi connectivity index (χ2n) is 6.23. The first kappa shape index (κ1) is 17.0. The number of carbonyl (C=O) groups is 2. The van der Waals surface area contributed by atoms with Gasteiger partial charge < -0.3 is 9.64 Å². The van der Waals surface area contributed by atoms with Crippen molar-refractivity contribution in [1.29, 1.82) is 0 Å². The Morgan fingerprint density at radius 3 is 2.35 bits per heavy atom. The van der Waals surface area contributed by atoms with Gasteiger partial charge in [-0.15, -0.1) is 0 Å². The predicted octanol–water partition coefficient (Wildman–Crippen LogP) is 3.32. The summed E-state index contributed by atoms with van der Waals surface area (Å²) in [6.07, 6.45) is 1.76. The van der Waals surface area contributed by atoms with Crippen LogP contribution in [0, 0.1) is 12.8 Å². The van der Waals surface area contributed by atoms with Crippen LogP contribution in [0.5, 0.6) is 0 Å². The minimum atomic E-state index is -0.472. The summed E-state index contributed by atoms with van der Waals surface area (Å²) >= 11 is 0. The lowest BCUT2D eigenvalue weighted by molar-refractivity contribution is -0.136. The summed E-state index contributed by atoms with van der Waals surface area (Å²) in [6, 6.07) is 7.83. The van der Waals surface area contributed by atoms with Gasteiger partial charge in [0.05, 0.1) is 18.3 Å². The predicted molar refractivity (Wildman–Crippen MR) is 90.4 cm³/mol. The van der Waals surface area contributed by atoms with Crippen LogP contribution in [0.15, 0.2) is 41.1 Å². The molecule has 0 bridgehead atoms. The number of hydrogen-bond donors (Lipinski definition) is 0. The Morgan fingerprint density at radius 1 is 1.22 bits per heavy atom. The number of allylic oxidation sites excluding steroid dienone is 1. The highest BCUT2D eigenvalue weighted by molar-refractivity contribution is 6.16. The first-order valence-electron chi connectivity index (χ1n) is 7.75. The Kier molecular flexibility index (Phi) is 5.04. The number of hydrogen-bond acceptors (Lipinski definition) is 3. The molecule has 0 saturated carbocycles. The van der Waals surface area contributed by atoms with Crippen LogP contribution < -0.4 is 0 Å². The van der Waals surface area contributed by atoms with Gasteiger partial charge in [0.25, 0.3) is 5.91 Å². The molecule has 122 valence electrons. The second-order valence-corrected chi connectivity index (χ2v) is 6.23. The summed E-state index contributed by atoms with van der Waals surface area (Å²) in [5, 5.41) is 0. The Labute approximate surface area is 137 Å². The molecular formula is C19H23NO3.